The number of rotatable bonds is 8. The highest BCUT2D eigenvalue weighted by Gasteiger charge is 2.32. The standard InChI is InChI=1S/C21H23Cl3N2O4S/c22-17-8-7-15(12-19(17)24)14-31(28,29)26-10-3-4-16(13-26)21(27)25-9-11-30-20-6-2-1-5-18(20)23/h1-2,5-8,12,16H,3-4,9-11,13-14H2,(H,25,27)/t16-/m0/s1. The van der Waals surface area contributed by atoms with Gasteiger partial charge in [0, 0.05) is 13.1 Å². The SMILES string of the molecule is O=C(NCCOc1ccccc1Cl)[C@H]1CCCN(S(=O)(=O)Cc2ccc(Cl)c(Cl)c2)C1. The fourth-order valence-electron chi connectivity index (χ4n) is 3.38. The molecule has 2 aromatic rings. The summed E-state index contributed by atoms with van der Waals surface area (Å²) in [6.07, 6.45) is 1.25. The van der Waals surface area contributed by atoms with E-state index in [0.29, 0.717) is 52.3 Å². The molecule has 0 radical (unpaired) electrons. The fraction of sp³-hybridized carbons (Fsp3) is 0.381. The summed E-state index contributed by atoms with van der Waals surface area (Å²) >= 11 is 17.9. The van der Waals surface area contributed by atoms with Crippen molar-refractivity contribution >= 4 is 50.7 Å². The van der Waals surface area contributed by atoms with Gasteiger partial charge in [0.15, 0.2) is 0 Å². The van der Waals surface area contributed by atoms with Crippen LogP contribution in [0.15, 0.2) is 42.5 Å². The molecular weight excluding hydrogens is 483 g/mol. The van der Waals surface area contributed by atoms with E-state index in [1.807, 2.05) is 6.07 Å². The van der Waals surface area contributed by atoms with Crippen LogP contribution >= 0.6 is 34.8 Å². The van der Waals surface area contributed by atoms with Crippen LogP contribution in [0.4, 0.5) is 0 Å². The molecule has 31 heavy (non-hydrogen) atoms. The Hall–Kier alpha value is -1.51. The van der Waals surface area contributed by atoms with Crippen LogP contribution < -0.4 is 10.1 Å². The lowest BCUT2D eigenvalue weighted by molar-refractivity contribution is -0.126. The van der Waals surface area contributed by atoms with Crippen molar-refractivity contribution in [3.05, 3.63) is 63.1 Å². The van der Waals surface area contributed by atoms with Gasteiger partial charge in [0.05, 0.1) is 33.3 Å². The van der Waals surface area contributed by atoms with Gasteiger partial charge in [-0.2, -0.15) is 0 Å². The summed E-state index contributed by atoms with van der Waals surface area (Å²) in [6, 6.07) is 11.9. The minimum absolute atomic E-state index is 0.154. The molecule has 0 bridgehead atoms. The zero-order valence-corrected chi connectivity index (χ0v) is 19.8. The lowest BCUT2D eigenvalue weighted by Gasteiger charge is -2.31. The second kappa shape index (κ2) is 10.9. The number of hydrogen-bond acceptors (Lipinski definition) is 4. The molecule has 0 aromatic heterocycles. The maximum atomic E-state index is 12.9. The molecule has 10 heteroatoms. The van der Waals surface area contributed by atoms with Crippen LogP contribution in [0.5, 0.6) is 5.75 Å². The topological polar surface area (TPSA) is 75.7 Å². The Morgan fingerprint density at radius 1 is 1.10 bits per heavy atom. The normalized spacial score (nSPS) is 17.3. The monoisotopic (exact) mass is 504 g/mol. The minimum atomic E-state index is -3.59. The number of nitrogens with zero attached hydrogens (tertiary/aromatic N) is 1. The molecule has 1 aliphatic heterocycles. The first-order chi connectivity index (χ1) is 14.8. The third-order valence-electron chi connectivity index (χ3n) is 4.98. The summed E-state index contributed by atoms with van der Waals surface area (Å²) in [5.74, 6) is -0.227. The van der Waals surface area contributed by atoms with Gasteiger partial charge < -0.3 is 10.1 Å². The van der Waals surface area contributed by atoms with E-state index in [9.17, 15) is 13.2 Å². The second-order valence-corrected chi connectivity index (χ2v) is 10.5. The van der Waals surface area contributed by atoms with Crippen molar-refractivity contribution in [3.63, 3.8) is 0 Å². The number of nitrogens with one attached hydrogen (secondary N) is 1. The van der Waals surface area contributed by atoms with Gasteiger partial charge in [-0.05, 0) is 42.7 Å². The van der Waals surface area contributed by atoms with E-state index >= 15 is 0 Å². The average molecular weight is 506 g/mol. The van der Waals surface area contributed by atoms with Crippen LogP contribution in [0.2, 0.25) is 15.1 Å². The number of sulfonamides is 1. The summed E-state index contributed by atoms with van der Waals surface area (Å²) in [5.41, 5.74) is 0.553. The molecule has 2 aromatic carbocycles. The third-order valence-corrected chi connectivity index (χ3v) is 7.84. The lowest BCUT2D eigenvalue weighted by atomic mass is 9.99. The van der Waals surface area contributed by atoms with Gasteiger partial charge in [0.1, 0.15) is 12.4 Å². The molecular formula is C21H23Cl3N2O4S. The number of benzene rings is 2. The molecule has 168 valence electrons. The number of halogens is 3. The van der Waals surface area contributed by atoms with E-state index in [-0.39, 0.29) is 24.8 Å². The first-order valence-corrected chi connectivity index (χ1v) is 12.6. The first kappa shape index (κ1) is 24.1. The van der Waals surface area contributed by atoms with Crippen LogP contribution in [0, 0.1) is 5.92 Å². The van der Waals surface area contributed by atoms with Crippen molar-refractivity contribution < 1.29 is 17.9 Å². The first-order valence-electron chi connectivity index (χ1n) is 9.83. The Morgan fingerprint density at radius 2 is 1.87 bits per heavy atom. The summed E-state index contributed by atoms with van der Waals surface area (Å²) in [6.45, 7) is 1.11. The molecule has 1 atom stereocenters. The van der Waals surface area contributed by atoms with Crippen LogP contribution in [-0.2, 0) is 20.6 Å². The zero-order chi connectivity index (χ0) is 22.4. The van der Waals surface area contributed by atoms with Gasteiger partial charge in [0.2, 0.25) is 15.9 Å². The Bertz CT molecular complexity index is 1030. The van der Waals surface area contributed by atoms with E-state index < -0.39 is 15.9 Å². The van der Waals surface area contributed by atoms with Gasteiger partial charge in [-0.3, -0.25) is 4.79 Å². The van der Waals surface area contributed by atoms with Crippen molar-refractivity contribution in [1.29, 1.82) is 0 Å². The summed E-state index contributed by atoms with van der Waals surface area (Å²) in [4.78, 5) is 12.5. The molecule has 1 heterocycles. The molecule has 1 N–H and O–H groups in total. The summed E-state index contributed by atoms with van der Waals surface area (Å²) in [7, 11) is -3.59. The van der Waals surface area contributed by atoms with Crippen molar-refractivity contribution in [2.75, 3.05) is 26.2 Å². The Kier molecular flexibility index (Phi) is 8.47. The maximum absolute atomic E-state index is 12.9. The molecule has 1 fully saturated rings. The number of carbonyl (C=O) groups excluding carboxylic acids is 1. The molecule has 0 aliphatic carbocycles. The highest BCUT2D eigenvalue weighted by molar-refractivity contribution is 7.88. The number of hydrogen-bond donors (Lipinski definition) is 1. The van der Waals surface area contributed by atoms with Crippen LogP contribution in [-0.4, -0.2) is 44.9 Å². The predicted octanol–water partition coefficient (Wildman–Crippen LogP) is 4.38. The highest BCUT2D eigenvalue weighted by Crippen LogP contribution is 2.26. The fourth-order valence-corrected chi connectivity index (χ4v) is 5.49. The van der Waals surface area contributed by atoms with E-state index in [4.69, 9.17) is 39.5 Å². The van der Waals surface area contributed by atoms with Crippen molar-refractivity contribution in [1.82, 2.24) is 9.62 Å². The third kappa shape index (κ3) is 6.73. The molecule has 1 aliphatic rings. The molecule has 0 saturated carbocycles. The zero-order valence-electron chi connectivity index (χ0n) is 16.7. The van der Waals surface area contributed by atoms with Gasteiger partial charge in [-0.15, -0.1) is 0 Å². The van der Waals surface area contributed by atoms with Crippen LogP contribution in [0.1, 0.15) is 18.4 Å². The quantitative estimate of drug-likeness (QED) is 0.540. The Morgan fingerprint density at radius 3 is 2.61 bits per heavy atom. The van der Waals surface area contributed by atoms with Crippen molar-refractivity contribution in [2.24, 2.45) is 5.92 Å². The number of amides is 1. The minimum Gasteiger partial charge on any atom is -0.490 e. The second-order valence-electron chi connectivity index (χ2n) is 7.27. The molecule has 0 spiro atoms. The number of carbonyl (C=O) groups is 1. The summed E-state index contributed by atoms with van der Waals surface area (Å²) in [5, 5.41) is 4.00. The molecule has 0 unspecified atom stereocenters. The smallest absolute Gasteiger partial charge is 0.224 e. The Labute approximate surface area is 197 Å². The van der Waals surface area contributed by atoms with Gasteiger partial charge in [-0.1, -0.05) is 53.0 Å². The largest absolute Gasteiger partial charge is 0.490 e. The predicted molar refractivity (Wildman–Crippen MR) is 123 cm³/mol. The molecule has 6 nitrogen and oxygen atoms in total. The molecule has 1 amide bonds. The summed E-state index contributed by atoms with van der Waals surface area (Å²) < 4.78 is 32.6. The molecule has 3 rings (SSSR count). The number of ether oxygens (including phenoxy) is 1. The van der Waals surface area contributed by atoms with E-state index in [2.05, 4.69) is 5.32 Å². The van der Waals surface area contributed by atoms with E-state index in [1.165, 1.54) is 4.31 Å². The average Bonchev–Trinajstić information content (AvgIpc) is 2.75. The maximum Gasteiger partial charge on any atom is 0.224 e. The molecule has 1 saturated heterocycles. The van der Waals surface area contributed by atoms with Crippen molar-refractivity contribution in [2.45, 2.75) is 18.6 Å². The number of piperidine rings is 1. The van der Waals surface area contributed by atoms with Crippen LogP contribution in [0.25, 0.3) is 0 Å². The van der Waals surface area contributed by atoms with Gasteiger partial charge in [0.25, 0.3) is 0 Å². The highest BCUT2D eigenvalue weighted by atomic mass is 35.5. The lowest BCUT2D eigenvalue weighted by Crippen LogP contribution is -2.46. The van der Waals surface area contributed by atoms with E-state index in [1.54, 1.807) is 36.4 Å². The van der Waals surface area contributed by atoms with E-state index in [0.717, 1.165) is 0 Å². The van der Waals surface area contributed by atoms with Crippen LogP contribution in [0.3, 0.4) is 0 Å². The van der Waals surface area contributed by atoms with Gasteiger partial charge >= 0.3 is 0 Å². The van der Waals surface area contributed by atoms with Gasteiger partial charge in [-0.25, -0.2) is 12.7 Å². The Balaban J connectivity index is 1.51. The number of para-hydroxylation sites is 1. The van der Waals surface area contributed by atoms with Crippen molar-refractivity contribution in [3.8, 4) is 5.75 Å².